The fraction of sp³-hybridized carbons (Fsp3) is 0.929. The zero-order valence-electron chi connectivity index (χ0n) is 12.4. The third-order valence-electron chi connectivity index (χ3n) is 5.29. The van der Waals surface area contributed by atoms with Crippen LogP contribution in [0.5, 0.6) is 0 Å². The highest BCUT2D eigenvalue weighted by atomic mass is 16.4. The number of ketones is 1. The van der Waals surface area contributed by atoms with Crippen LogP contribution >= 0.6 is 0 Å². The first-order valence-corrected chi connectivity index (χ1v) is 7.40. The molecular formula is C14H24N2O5. The highest BCUT2D eigenvalue weighted by Gasteiger charge is 2.63. The molecule has 4 saturated heterocycles. The smallest absolute Gasteiger partial charge is 0.149 e. The van der Waals surface area contributed by atoms with Crippen LogP contribution in [-0.2, 0) is 4.79 Å². The van der Waals surface area contributed by atoms with Gasteiger partial charge in [-0.05, 0) is 0 Å². The lowest BCUT2D eigenvalue weighted by atomic mass is 9.61. The number of aliphatic hydroxyl groups is 4. The number of Topliss-reactive ketones (excluding diaryl/α,β-unsaturated/α-hetero) is 1. The van der Waals surface area contributed by atoms with E-state index in [-0.39, 0.29) is 5.78 Å². The molecule has 4 aliphatic rings. The Labute approximate surface area is 123 Å². The molecule has 21 heavy (non-hydrogen) atoms. The van der Waals surface area contributed by atoms with Crippen molar-refractivity contribution in [2.24, 2.45) is 10.8 Å². The van der Waals surface area contributed by atoms with Crippen molar-refractivity contribution in [3.63, 3.8) is 0 Å². The maximum atomic E-state index is 12.5. The molecule has 0 saturated carbocycles. The maximum Gasteiger partial charge on any atom is 0.149 e. The third kappa shape index (κ3) is 2.07. The standard InChI is InChI=1S/C14H24N2O5/c1-13-4-15-6-14(2,12(13)21)7-16(5-13)11(15)10(20)9(19)8(18)3-17/h8-11,17-20H,3-7H2,1-2H3/t8-,9-,10-,11?,13?,14?/m1/s1. The number of carbonyl (C=O) groups excluding carboxylic acids is 1. The van der Waals surface area contributed by atoms with E-state index in [1.807, 2.05) is 23.6 Å². The fourth-order valence-electron chi connectivity index (χ4n) is 4.57. The Morgan fingerprint density at radius 2 is 1.52 bits per heavy atom. The third-order valence-corrected chi connectivity index (χ3v) is 5.29. The topological polar surface area (TPSA) is 104 Å². The maximum absolute atomic E-state index is 12.5. The highest BCUT2D eigenvalue weighted by Crippen LogP contribution is 2.48. The van der Waals surface area contributed by atoms with Crippen molar-refractivity contribution in [3.8, 4) is 0 Å². The number of piperidine rings is 2. The molecule has 0 amide bonds. The van der Waals surface area contributed by atoms with Crippen molar-refractivity contribution in [1.82, 2.24) is 9.80 Å². The van der Waals surface area contributed by atoms with E-state index in [9.17, 15) is 20.1 Å². The van der Waals surface area contributed by atoms with Crippen molar-refractivity contribution in [2.75, 3.05) is 32.8 Å². The lowest BCUT2D eigenvalue weighted by Gasteiger charge is -2.65. The van der Waals surface area contributed by atoms with Crippen LogP contribution in [0.15, 0.2) is 0 Å². The quantitative estimate of drug-likeness (QED) is 0.459. The highest BCUT2D eigenvalue weighted by molar-refractivity contribution is 5.92. The molecule has 3 atom stereocenters. The van der Waals surface area contributed by atoms with E-state index in [4.69, 9.17) is 5.11 Å². The van der Waals surface area contributed by atoms with Gasteiger partial charge in [-0.1, -0.05) is 13.8 Å². The van der Waals surface area contributed by atoms with E-state index >= 15 is 0 Å². The molecule has 4 heterocycles. The second-order valence-electron chi connectivity index (χ2n) is 7.41. The number of rotatable bonds is 4. The summed E-state index contributed by atoms with van der Waals surface area (Å²) in [5.41, 5.74) is -0.857. The summed E-state index contributed by atoms with van der Waals surface area (Å²) in [7, 11) is 0. The number of carbonyl (C=O) groups is 1. The summed E-state index contributed by atoms with van der Waals surface area (Å²) < 4.78 is 0. The van der Waals surface area contributed by atoms with Crippen molar-refractivity contribution in [2.45, 2.75) is 38.3 Å². The molecule has 0 aromatic heterocycles. The van der Waals surface area contributed by atoms with Gasteiger partial charge in [0.2, 0.25) is 0 Å². The Balaban J connectivity index is 1.84. The lowest BCUT2D eigenvalue weighted by Crippen LogP contribution is -2.80. The first kappa shape index (κ1) is 15.3. The molecular weight excluding hydrogens is 276 g/mol. The van der Waals surface area contributed by atoms with Crippen LogP contribution in [0.2, 0.25) is 0 Å². The monoisotopic (exact) mass is 300 g/mol. The largest absolute Gasteiger partial charge is 0.394 e. The minimum Gasteiger partial charge on any atom is -0.394 e. The van der Waals surface area contributed by atoms with Crippen LogP contribution in [0.25, 0.3) is 0 Å². The van der Waals surface area contributed by atoms with E-state index in [1.54, 1.807) is 0 Å². The number of nitrogens with zero attached hydrogens (tertiary/aromatic N) is 2. The molecule has 0 aromatic rings. The molecule has 7 heteroatoms. The molecule has 0 radical (unpaired) electrons. The summed E-state index contributed by atoms with van der Waals surface area (Å²) in [6.45, 7) is 5.53. The van der Waals surface area contributed by atoms with E-state index in [0.29, 0.717) is 26.2 Å². The van der Waals surface area contributed by atoms with Crippen LogP contribution in [-0.4, -0.2) is 93.3 Å². The minimum atomic E-state index is -1.41. The van der Waals surface area contributed by atoms with Gasteiger partial charge >= 0.3 is 0 Å². The Kier molecular flexibility index (Phi) is 3.44. The first-order chi connectivity index (χ1) is 9.72. The molecule has 0 unspecified atom stereocenters. The normalized spacial score (nSPS) is 49.2. The SMILES string of the molecule is CC12CN3CC(C)(CN(C1)C3[C@H](O)[C@H](O)[C@H](O)CO)C2=O. The Morgan fingerprint density at radius 1 is 1.10 bits per heavy atom. The van der Waals surface area contributed by atoms with Gasteiger partial charge in [-0.25, -0.2) is 0 Å². The second-order valence-corrected chi connectivity index (χ2v) is 7.41. The predicted molar refractivity (Wildman–Crippen MR) is 73.3 cm³/mol. The summed E-state index contributed by atoms with van der Waals surface area (Å²) in [6, 6.07) is 0. The summed E-state index contributed by atoms with van der Waals surface area (Å²) in [5.74, 6) is 0.284. The van der Waals surface area contributed by atoms with Crippen LogP contribution in [0.3, 0.4) is 0 Å². The number of aliphatic hydroxyl groups excluding tert-OH is 4. The van der Waals surface area contributed by atoms with Crippen LogP contribution in [0, 0.1) is 10.8 Å². The molecule has 0 aliphatic carbocycles. The summed E-state index contributed by atoms with van der Waals surface area (Å²) in [4.78, 5) is 16.6. The van der Waals surface area contributed by atoms with Gasteiger partial charge in [0.05, 0.1) is 23.6 Å². The van der Waals surface area contributed by atoms with E-state index in [1.165, 1.54) is 0 Å². The average molecular weight is 300 g/mol. The molecule has 4 rings (SSSR count). The van der Waals surface area contributed by atoms with Crippen LogP contribution < -0.4 is 0 Å². The van der Waals surface area contributed by atoms with E-state index in [2.05, 4.69) is 0 Å². The van der Waals surface area contributed by atoms with E-state index in [0.717, 1.165) is 0 Å². The van der Waals surface area contributed by atoms with Gasteiger partial charge < -0.3 is 20.4 Å². The van der Waals surface area contributed by atoms with Crippen molar-refractivity contribution < 1.29 is 25.2 Å². The minimum absolute atomic E-state index is 0.284. The van der Waals surface area contributed by atoms with Gasteiger partial charge in [0.15, 0.2) is 0 Å². The van der Waals surface area contributed by atoms with Gasteiger partial charge in [0, 0.05) is 26.2 Å². The van der Waals surface area contributed by atoms with Crippen molar-refractivity contribution >= 4 is 5.78 Å². The molecule has 120 valence electrons. The van der Waals surface area contributed by atoms with Gasteiger partial charge in [0.25, 0.3) is 0 Å². The molecule has 4 N–H and O–H groups in total. The number of hydrogen-bond acceptors (Lipinski definition) is 7. The van der Waals surface area contributed by atoms with Gasteiger partial charge in [-0.15, -0.1) is 0 Å². The zero-order chi connectivity index (χ0) is 15.6. The molecule has 0 aromatic carbocycles. The Morgan fingerprint density at radius 3 is 1.90 bits per heavy atom. The molecule has 7 nitrogen and oxygen atoms in total. The summed E-state index contributed by atoms with van der Waals surface area (Å²) in [6.07, 6.45) is -4.38. The first-order valence-electron chi connectivity index (χ1n) is 7.40. The van der Waals surface area contributed by atoms with Crippen molar-refractivity contribution in [1.29, 1.82) is 0 Å². The summed E-state index contributed by atoms with van der Waals surface area (Å²) >= 11 is 0. The van der Waals surface area contributed by atoms with Crippen LogP contribution in [0.1, 0.15) is 13.8 Å². The summed E-state index contributed by atoms with van der Waals surface area (Å²) in [5, 5.41) is 38.8. The molecule has 0 spiro atoms. The Bertz CT molecular complexity index is 417. The lowest BCUT2D eigenvalue weighted by molar-refractivity contribution is -0.225. The molecule has 4 aliphatic heterocycles. The predicted octanol–water partition coefficient (Wildman–Crippen LogP) is -2.39. The molecule has 4 bridgehead atoms. The Hall–Kier alpha value is -0.570. The molecule has 4 fully saturated rings. The fourth-order valence-corrected chi connectivity index (χ4v) is 4.57. The average Bonchev–Trinajstić information content (AvgIpc) is 2.41. The second kappa shape index (κ2) is 4.71. The van der Waals surface area contributed by atoms with Crippen LogP contribution in [0.4, 0.5) is 0 Å². The van der Waals surface area contributed by atoms with Gasteiger partial charge in [0.1, 0.15) is 24.1 Å². The van der Waals surface area contributed by atoms with Crippen molar-refractivity contribution in [3.05, 3.63) is 0 Å². The zero-order valence-corrected chi connectivity index (χ0v) is 12.4. The van der Waals surface area contributed by atoms with Gasteiger partial charge in [-0.3, -0.25) is 14.6 Å². The number of hydrogen-bond donors (Lipinski definition) is 4. The van der Waals surface area contributed by atoms with Gasteiger partial charge in [-0.2, -0.15) is 0 Å². The van der Waals surface area contributed by atoms with E-state index < -0.39 is 41.9 Å².